The molecule has 0 saturated heterocycles. The van der Waals surface area contributed by atoms with Gasteiger partial charge < -0.3 is 10.5 Å². The van der Waals surface area contributed by atoms with Crippen molar-refractivity contribution in [3.8, 4) is 5.88 Å². The van der Waals surface area contributed by atoms with Crippen molar-refractivity contribution in [2.75, 3.05) is 12.3 Å². The van der Waals surface area contributed by atoms with Crippen LogP contribution in [0.3, 0.4) is 0 Å². The van der Waals surface area contributed by atoms with Crippen LogP contribution in [0, 0.1) is 0 Å². The van der Waals surface area contributed by atoms with E-state index < -0.39 is 13.0 Å². The number of hydrogen-bond acceptors (Lipinski definition) is 3. The Balaban J connectivity index is 2.70. The van der Waals surface area contributed by atoms with Crippen LogP contribution in [0.25, 0.3) is 0 Å². The molecule has 0 saturated carbocycles. The molecule has 2 N–H and O–H groups in total. The van der Waals surface area contributed by atoms with Crippen molar-refractivity contribution in [2.24, 2.45) is 0 Å². The summed E-state index contributed by atoms with van der Waals surface area (Å²) in [6.45, 7) is -0.685. The number of ether oxygens (including phenoxy) is 1. The van der Waals surface area contributed by atoms with Crippen molar-refractivity contribution in [3.05, 3.63) is 16.6 Å². The molecule has 0 atom stereocenters. The highest BCUT2D eigenvalue weighted by atomic mass is 79.9. The van der Waals surface area contributed by atoms with Crippen molar-refractivity contribution in [1.29, 1.82) is 0 Å². The first-order chi connectivity index (χ1) is 6.09. The summed E-state index contributed by atoms with van der Waals surface area (Å²) in [4.78, 5) is 3.72. The average molecular weight is 253 g/mol. The van der Waals surface area contributed by atoms with E-state index >= 15 is 0 Å². The smallest absolute Gasteiger partial charge is 0.272 e. The van der Waals surface area contributed by atoms with Gasteiger partial charge in [0.25, 0.3) is 6.43 Å². The lowest BCUT2D eigenvalue weighted by atomic mass is 10.4. The second kappa shape index (κ2) is 4.36. The van der Waals surface area contributed by atoms with Gasteiger partial charge in [-0.25, -0.2) is 8.78 Å². The van der Waals surface area contributed by atoms with Crippen molar-refractivity contribution in [3.63, 3.8) is 0 Å². The molecule has 13 heavy (non-hydrogen) atoms. The summed E-state index contributed by atoms with van der Waals surface area (Å²) in [5.41, 5.74) is 5.33. The zero-order valence-electron chi connectivity index (χ0n) is 6.51. The van der Waals surface area contributed by atoms with Gasteiger partial charge in [0.1, 0.15) is 5.82 Å². The summed E-state index contributed by atoms with van der Waals surface area (Å²) >= 11 is 3.09. The summed E-state index contributed by atoms with van der Waals surface area (Å²) in [6, 6.07) is 3.13. The van der Waals surface area contributed by atoms with Gasteiger partial charge in [-0.1, -0.05) is 0 Å². The van der Waals surface area contributed by atoms with Crippen molar-refractivity contribution in [1.82, 2.24) is 4.98 Å². The number of nitrogens with two attached hydrogens (primary N) is 1. The largest absolute Gasteiger partial charge is 0.471 e. The molecule has 3 nitrogen and oxygen atoms in total. The van der Waals surface area contributed by atoms with Gasteiger partial charge in [-0.15, -0.1) is 0 Å². The fourth-order valence-electron chi connectivity index (χ4n) is 0.681. The van der Waals surface area contributed by atoms with Crippen LogP contribution in [-0.4, -0.2) is 18.0 Å². The third-order valence-electron chi connectivity index (χ3n) is 1.18. The van der Waals surface area contributed by atoms with Gasteiger partial charge >= 0.3 is 0 Å². The number of rotatable bonds is 3. The number of anilines is 1. The number of hydrogen-bond donors (Lipinski definition) is 1. The maximum Gasteiger partial charge on any atom is 0.272 e. The van der Waals surface area contributed by atoms with Crippen LogP contribution in [0.2, 0.25) is 0 Å². The summed E-state index contributed by atoms with van der Waals surface area (Å²) in [5.74, 6) is 0.313. The van der Waals surface area contributed by atoms with Gasteiger partial charge in [0.05, 0.1) is 4.47 Å². The zero-order valence-corrected chi connectivity index (χ0v) is 8.09. The number of nitrogen functional groups attached to an aromatic ring is 1. The molecule has 0 bridgehead atoms. The van der Waals surface area contributed by atoms with Crippen molar-refractivity contribution in [2.45, 2.75) is 6.43 Å². The molecule has 6 heteroatoms. The second-order valence-corrected chi connectivity index (χ2v) is 3.08. The van der Waals surface area contributed by atoms with Crippen LogP contribution in [0.5, 0.6) is 5.88 Å². The van der Waals surface area contributed by atoms with Gasteiger partial charge in [-0.3, -0.25) is 0 Å². The Labute approximate surface area is 82.0 Å². The average Bonchev–Trinajstić information content (AvgIpc) is 2.06. The molecule has 1 aromatic rings. The molecule has 0 fully saturated rings. The highest BCUT2D eigenvalue weighted by Gasteiger charge is 2.07. The predicted octanol–water partition coefficient (Wildman–Crippen LogP) is 2.07. The molecule has 72 valence electrons. The van der Waals surface area contributed by atoms with Gasteiger partial charge in [0.15, 0.2) is 6.61 Å². The van der Waals surface area contributed by atoms with E-state index in [2.05, 4.69) is 20.9 Å². The molecule has 0 unspecified atom stereocenters. The third kappa shape index (κ3) is 3.14. The molecular weight excluding hydrogens is 246 g/mol. The summed E-state index contributed by atoms with van der Waals surface area (Å²) < 4.78 is 28.7. The minimum Gasteiger partial charge on any atom is -0.471 e. The Bertz CT molecular complexity index is 296. The number of pyridine rings is 1. The Morgan fingerprint density at radius 2 is 2.23 bits per heavy atom. The zero-order chi connectivity index (χ0) is 9.84. The van der Waals surface area contributed by atoms with E-state index in [4.69, 9.17) is 10.5 Å². The quantitative estimate of drug-likeness (QED) is 0.896. The Kier molecular flexibility index (Phi) is 3.41. The van der Waals surface area contributed by atoms with E-state index in [-0.39, 0.29) is 11.7 Å². The maximum absolute atomic E-state index is 11.8. The van der Waals surface area contributed by atoms with E-state index in [0.717, 1.165) is 0 Å². The SMILES string of the molecule is Nc1ccc(Br)c(OCC(F)F)n1. The second-order valence-electron chi connectivity index (χ2n) is 2.23. The lowest BCUT2D eigenvalue weighted by Gasteiger charge is -2.06. The van der Waals surface area contributed by atoms with Crippen LogP contribution in [0.15, 0.2) is 16.6 Å². The standard InChI is InChI=1S/C7H7BrF2N2O/c8-4-1-2-6(11)12-7(4)13-3-5(9)10/h1-2,5H,3H2,(H2,11,12). The molecule has 1 heterocycles. The van der Waals surface area contributed by atoms with Crippen LogP contribution in [0.4, 0.5) is 14.6 Å². The molecule has 0 radical (unpaired) electrons. The fourth-order valence-corrected chi connectivity index (χ4v) is 1.02. The van der Waals surface area contributed by atoms with Crippen LogP contribution in [0.1, 0.15) is 0 Å². The van der Waals surface area contributed by atoms with Gasteiger partial charge in [0.2, 0.25) is 5.88 Å². The fraction of sp³-hybridized carbons (Fsp3) is 0.286. The van der Waals surface area contributed by atoms with E-state index in [9.17, 15) is 8.78 Å². The van der Waals surface area contributed by atoms with E-state index in [0.29, 0.717) is 4.47 Å². The molecule has 1 aromatic heterocycles. The number of halogens is 3. The van der Waals surface area contributed by atoms with Crippen molar-refractivity contribution < 1.29 is 13.5 Å². The lowest BCUT2D eigenvalue weighted by Crippen LogP contribution is -2.08. The maximum atomic E-state index is 11.8. The Morgan fingerprint density at radius 1 is 1.54 bits per heavy atom. The van der Waals surface area contributed by atoms with E-state index in [1.165, 1.54) is 0 Å². The lowest BCUT2D eigenvalue weighted by molar-refractivity contribution is 0.0792. The highest BCUT2D eigenvalue weighted by Crippen LogP contribution is 2.23. The molecule has 0 amide bonds. The summed E-state index contributed by atoms with van der Waals surface area (Å²) in [6.07, 6.45) is -2.52. The monoisotopic (exact) mass is 252 g/mol. The molecule has 0 spiro atoms. The van der Waals surface area contributed by atoms with Gasteiger partial charge in [-0.05, 0) is 28.1 Å². The van der Waals surface area contributed by atoms with Crippen LogP contribution < -0.4 is 10.5 Å². The molecule has 0 aromatic carbocycles. The predicted molar refractivity (Wildman–Crippen MR) is 47.8 cm³/mol. The summed E-state index contributed by atoms with van der Waals surface area (Å²) in [5, 5.41) is 0. The number of aromatic nitrogens is 1. The first-order valence-corrected chi connectivity index (χ1v) is 4.22. The van der Waals surface area contributed by atoms with Crippen LogP contribution >= 0.6 is 15.9 Å². The first kappa shape index (κ1) is 10.2. The molecular formula is C7H7BrF2N2O. The van der Waals surface area contributed by atoms with Gasteiger partial charge in [0, 0.05) is 0 Å². The highest BCUT2D eigenvalue weighted by molar-refractivity contribution is 9.10. The summed E-state index contributed by atoms with van der Waals surface area (Å²) in [7, 11) is 0. The van der Waals surface area contributed by atoms with E-state index in [1.807, 2.05) is 0 Å². The topological polar surface area (TPSA) is 48.1 Å². The van der Waals surface area contributed by atoms with Crippen LogP contribution in [-0.2, 0) is 0 Å². The number of alkyl halides is 2. The Hall–Kier alpha value is -0.910. The van der Waals surface area contributed by atoms with Crippen molar-refractivity contribution >= 4 is 21.7 Å². The Morgan fingerprint density at radius 3 is 2.85 bits per heavy atom. The third-order valence-corrected chi connectivity index (χ3v) is 1.78. The molecule has 0 aliphatic heterocycles. The van der Waals surface area contributed by atoms with Gasteiger partial charge in [-0.2, -0.15) is 4.98 Å². The first-order valence-electron chi connectivity index (χ1n) is 3.42. The molecule has 0 aliphatic rings. The number of nitrogens with zero attached hydrogens (tertiary/aromatic N) is 1. The molecule has 0 aliphatic carbocycles. The van der Waals surface area contributed by atoms with E-state index in [1.54, 1.807) is 12.1 Å². The minimum atomic E-state index is -2.52. The minimum absolute atomic E-state index is 0.0836. The molecule has 1 rings (SSSR count). The normalized spacial score (nSPS) is 10.5.